The second-order valence-electron chi connectivity index (χ2n) is 4.36. The summed E-state index contributed by atoms with van der Waals surface area (Å²) in [6.07, 6.45) is 0. The van der Waals surface area contributed by atoms with Crippen LogP contribution in [0.1, 0.15) is 0 Å². The zero-order valence-electron chi connectivity index (χ0n) is 10.8. The Hall–Kier alpha value is -2.28. The van der Waals surface area contributed by atoms with E-state index in [1.807, 2.05) is 0 Å². The number of aromatic amines is 1. The molecule has 3 aromatic rings. The van der Waals surface area contributed by atoms with Gasteiger partial charge in [-0.25, -0.2) is 13.2 Å². The van der Waals surface area contributed by atoms with Gasteiger partial charge in [0.2, 0.25) is 0 Å². The molecule has 0 aliphatic carbocycles. The molecule has 7 heteroatoms. The Labute approximate surface area is 122 Å². The molecule has 0 atom stereocenters. The lowest BCUT2D eigenvalue weighted by molar-refractivity contribution is 0.409. The Kier molecular flexibility index (Phi) is 3.21. The number of rotatable bonds is 2. The minimum atomic E-state index is -0.754. The number of halogens is 3. The number of benzene rings is 2. The van der Waals surface area contributed by atoms with E-state index in [1.54, 1.807) is 0 Å². The molecule has 0 bridgehead atoms. The summed E-state index contributed by atoms with van der Waals surface area (Å²) < 4.78 is 47.2. The molecular formula is C14H9F3N2OS. The predicted molar refractivity (Wildman–Crippen MR) is 74.9 cm³/mol. The number of imidazole rings is 1. The first-order chi connectivity index (χ1) is 10.0. The zero-order valence-corrected chi connectivity index (χ0v) is 11.6. The maximum absolute atomic E-state index is 13.8. The highest BCUT2D eigenvalue weighted by atomic mass is 32.1. The smallest absolute Gasteiger partial charge is 0.182 e. The largest absolute Gasteiger partial charge is 0.494 e. The number of H-pyrrole nitrogens is 1. The molecule has 0 aliphatic rings. The van der Waals surface area contributed by atoms with Crippen LogP contribution in [0.5, 0.6) is 5.75 Å². The topological polar surface area (TPSA) is 29.9 Å². The molecule has 1 heterocycles. The quantitative estimate of drug-likeness (QED) is 0.722. The van der Waals surface area contributed by atoms with Crippen LogP contribution in [-0.4, -0.2) is 16.7 Å². The normalized spacial score (nSPS) is 11.0. The molecule has 0 aliphatic heterocycles. The maximum Gasteiger partial charge on any atom is 0.182 e. The Balaban J connectivity index is 2.40. The lowest BCUT2D eigenvalue weighted by atomic mass is 10.2. The highest BCUT2D eigenvalue weighted by Crippen LogP contribution is 2.29. The van der Waals surface area contributed by atoms with Crippen LogP contribution in [0.25, 0.3) is 16.7 Å². The number of aromatic nitrogens is 2. The average Bonchev–Trinajstić information content (AvgIpc) is 2.75. The van der Waals surface area contributed by atoms with Crippen molar-refractivity contribution in [3.63, 3.8) is 0 Å². The average molecular weight is 310 g/mol. The second kappa shape index (κ2) is 4.92. The first kappa shape index (κ1) is 13.7. The van der Waals surface area contributed by atoms with Crippen molar-refractivity contribution in [1.82, 2.24) is 9.55 Å². The highest BCUT2D eigenvalue weighted by Gasteiger charge is 2.15. The van der Waals surface area contributed by atoms with Gasteiger partial charge in [-0.05, 0) is 24.4 Å². The molecule has 21 heavy (non-hydrogen) atoms. The van der Waals surface area contributed by atoms with Crippen molar-refractivity contribution in [1.29, 1.82) is 0 Å². The fourth-order valence-electron chi connectivity index (χ4n) is 2.21. The van der Waals surface area contributed by atoms with Crippen molar-refractivity contribution in [3.05, 3.63) is 52.6 Å². The van der Waals surface area contributed by atoms with Gasteiger partial charge in [-0.3, -0.25) is 4.57 Å². The Morgan fingerprint density at radius 1 is 1.10 bits per heavy atom. The van der Waals surface area contributed by atoms with Crippen molar-refractivity contribution >= 4 is 23.3 Å². The van der Waals surface area contributed by atoms with Gasteiger partial charge in [-0.2, -0.15) is 0 Å². The van der Waals surface area contributed by atoms with E-state index >= 15 is 0 Å². The highest BCUT2D eigenvalue weighted by molar-refractivity contribution is 7.71. The molecule has 3 nitrogen and oxygen atoms in total. The number of ether oxygens (including phenoxy) is 1. The third-order valence-corrected chi connectivity index (χ3v) is 3.38. The molecule has 0 saturated carbocycles. The third-order valence-electron chi connectivity index (χ3n) is 3.09. The molecule has 2 aromatic carbocycles. The minimum Gasteiger partial charge on any atom is -0.494 e. The molecule has 108 valence electrons. The number of hydrogen-bond acceptors (Lipinski definition) is 2. The van der Waals surface area contributed by atoms with Gasteiger partial charge in [-0.1, -0.05) is 0 Å². The molecule has 1 N–H and O–H groups in total. The van der Waals surface area contributed by atoms with Crippen LogP contribution >= 0.6 is 12.2 Å². The van der Waals surface area contributed by atoms with Gasteiger partial charge in [0.15, 0.2) is 10.6 Å². The maximum atomic E-state index is 13.8. The fourth-order valence-corrected chi connectivity index (χ4v) is 2.51. The van der Waals surface area contributed by atoms with E-state index in [0.29, 0.717) is 5.69 Å². The molecule has 0 unspecified atom stereocenters. The molecule has 1 aromatic heterocycles. The summed E-state index contributed by atoms with van der Waals surface area (Å²) in [5.41, 5.74) is 0.676. The number of nitrogens with one attached hydrogen (secondary N) is 1. The predicted octanol–water partition coefficient (Wildman–Crippen LogP) is 4.11. The van der Waals surface area contributed by atoms with Gasteiger partial charge >= 0.3 is 0 Å². The van der Waals surface area contributed by atoms with E-state index in [9.17, 15) is 13.2 Å². The van der Waals surface area contributed by atoms with Crippen LogP contribution in [0.3, 0.4) is 0 Å². The number of hydrogen-bond donors (Lipinski definition) is 1. The monoisotopic (exact) mass is 310 g/mol. The number of methoxy groups -OCH3 is 1. The molecular weight excluding hydrogens is 301 g/mol. The fraction of sp³-hybridized carbons (Fsp3) is 0.0714. The van der Waals surface area contributed by atoms with Crippen LogP contribution in [0.4, 0.5) is 13.2 Å². The van der Waals surface area contributed by atoms with Crippen LogP contribution < -0.4 is 4.74 Å². The van der Waals surface area contributed by atoms with E-state index in [4.69, 9.17) is 17.0 Å². The summed E-state index contributed by atoms with van der Waals surface area (Å²) in [6, 6.07) is 5.73. The van der Waals surface area contributed by atoms with Crippen molar-refractivity contribution in [2.24, 2.45) is 0 Å². The molecule has 0 spiro atoms. The van der Waals surface area contributed by atoms with Gasteiger partial charge in [0.1, 0.15) is 22.9 Å². The number of nitrogens with zero attached hydrogens (tertiary/aromatic N) is 1. The summed E-state index contributed by atoms with van der Waals surface area (Å²) in [7, 11) is 1.37. The Morgan fingerprint density at radius 3 is 2.57 bits per heavy atom. The number of fused-ring (bicyclic) bond motifs is 1. The van der Waals surface area contributed by atoms with Crippen LogP contribution in [0.2, 0.25) is 0 Å². The molecule has 3 rings (SSSR count). The molecule has 0 fully saturated rings. The minimum absolute atomic E-state index is 0.0766. The lowest BCUT2D eigenvalue weighted by Crippen LogP contribution is -1.99. The molecule has 0 saturated heterocycles. The standard InChI is InChI=1S/C14H9F3N2OS/c1-20-12-6-7(15)2-3-10(12)19-11-5-8(16)4-9(17)13(11)18-14(19)21/h2-6H,1H3,(H,18,21). The summed E-state index contributed by atoms with van der Waals surface area (Å²) in [5, 5.41) is 0. The lowest BCUT2D eigenvalue weighted by Gasteiger charge is -2.10. The van der Waals surface area contributed by atoms with E-state index in [0.717, 1.165) is 12.1 Å². The van der Waals surface area contributed by atoms with Crippen LogP contribution in [-0.2, 0) is 0 Å². The van der Waals surface area contributed by atoms with Gasteiger partial charge in [0.25, 0.3) is 0 Å². The first-order valence-electron chi connectivity index (χ1n) is 5.95. The zero-order chi connectivity index (χ0) is 15.1. The summed E-state index contributed by atoms with van der Waals surface area (Å²) in [5.74, 6) is -1.77. The Bertz CT molecular complexity index is 901. The van der Waals surface area contributed by atoms with E-state index in [1.165, 1.54) is 29.9 Å². The van der Waals surface area contributed by atoms with Gasteiger partial charge < -0.3 is 9.72 Å². The summed E-state index contributed by atoms with van der Waals surface area (Å²) in [4.78, 5) is 2.67. The second-order valence-corrected chi connectivity index (χ2v) is 4.75. The van der Waals surface area contributed by atoms with E-state index < -0.39 is 17.5 Å². The summed E-state index contributed by atoms with van der Waals surface area (Å²) >= 11 is 5.15. The van der Waals surface area contributed by atoms with E-state index in [-0.39, 0.29) is 21.6 Å². The van der Waals surface area contributed by atoms with Crippen LogP contribution in [0, 0.1) is 22.2 Å². The van der Waals surface area contributed by atoms with Gasteiger partial charge in [0.05, 0.1) is 18.3 Å². The molecule has 0 amide bonds. The third kappa shape index (κ3) is 2.19. The molecule has 0 radical (unpaired) electrons. The van der Waals surface area contributed by atoms with Crippen LogP contribution in [0.15, 0.2) is 30.3 Å². The Morgan fingerprint density at radius 2 is 1.86 bits per heavy atom. The summed E-state index contributed by atoms with van der Waals surface area (Å²) in [6.45, 7) is 0. The van der Waals surface area contributed by atoms with Gasteiger partial charge in [0, 0.05) is 18.2 Å². The van der Waals surface area contributed by atoms with Gasteiger partial charge in [-0.15, -0.1) is 0 Å². The van der Waals surface area contributed by atoms with Crippen molar-refractivity contribution in [3.8, 4) is 11.4 Å². The van der Waals surface area contributed by atoms with Crippen molar-refractivity contribution in [2.75, 3.05) is 7.11 Å². The van der Waals surface area contributed by atoms with E-state index in [2.05, 4.69) is 4.98 Å². The van der Waals surface area contributed by atoms with Crippen molar-refractivity contribution < 1.29 is 17.9 Å². The van der Waals surface area contributed by atoms with Crippen molar-refractivity contribution in [2.45, 2.75) is 0 Å². The SMILES string of the molecule is COc1cc(F)ccc1-n1c(=S)[nH]c2c(F)cc(F)cc21. The first-order valence-corrected chi connectivity index (χ1v) is 6.36.